The van der Waals surface area contributed by atoms with Gasteiger partial charge in [0.1, 0.15) is 5.75 Å². The van der Waals surface area contributed by atoms with Crippen LogP contribution >= 0.6 is 27.3 Å². The third-order valence-corrected chi connectivity index (χ3v) is 5.99. The van der Waals surface area contributed by atoms with Crippen LogP contribution in [0.5, 0.6) is 5.75 Å². The number of anilines is 2. The molecule has 0 saturated carbocycles. The average Bonchev–Trinajstić information content (AvgIpc) is 3.14. The summed E-state index contributed by atoms with van der Waals surface area (Å²) in [6.07, 6.45) is 1.51. The molecule has 0 fully saturated rings. The number of thiazole rings is 1. The first-order valence-corrected chi connectivity index (χ1v) is 10.8. The molecule has 1 amide bonds. The van der Waals surface area contributed by atoms with Crippen molar-refractivity contribution in [2.24, 2.45) is 0 Å². The van der Waals surface area contributed by atoms with Crippen molar-refractivity contribution >= 4 is 54.0 Å². The lowest BCUT2D eigenvalue weighted by Gasteiger charge is -2.09. The van der Waals surface area contributed by atoms with Gasteiger partial charge in [-0.05, 0) is 48.5 Å². The molecular formula is C17H14BrN3O4S2. The summed E-state index contributed by atoms with van der Waals surface area (Å²) in [4.78, 5) is 15.9. The number of benzene rings is 2. The van der Waals surface area contributed by atoms with Gasteiger partial charge in [-0.3, -0.25) is 9.52 Å². The van der Waals surface area contributed by atoms with Gasteiger partial charge < -0.3 is 10.1 Å². The Hall–Kier alpha value is -2.43. The Balaban J connectivity index is 1.56. The second-order valence-electron chi connectivity index (χ2n) is 5.26. The van der Waals surface area contributed by atoms with E-state index in [1.54, 1.807) is 17.5 Å². The molecule has 0 atom stereocenters. The number of nitrogens with zero attached hydrogens (tertiary/aromatic N) is 1. The van der Waals surface area contributed by atoms with Crippen LogP contribution in [0.4, 0.5) is 10.8 Å². The van der Waals surface area contributed by atoms with Gasteiger partial charge in [0.15, 0.2) is 11.7 Å². The lowest BCUT2D eigenvalue weighted by Crippen LogP contribution is -2.20. The topological polar surface area (TPSA) is 97.4 Å². The zero-order valence-electron chi connectivity index (χ0n) is 13.8. The highest BCUT2D eigenvalue weighted by molar-refractivity contribution is 9.10. The van der Waals surface area contributed by atoms with E-state index >= 15 is 0 Å². The van der Waals surface area contributed by atoms with E-state index in [1.807, 2.05) is 12.1 Å². The molecule has 0 aliphatic carbocycles. The van der Waals surface area contributed by atoms with Crippen molar-refractivity contribution in [3.8, 4) is 5.75 Å². The quantitative estimate of drug-likeness (QED) is 0.551. The van der Waals surface area contributed by atoms with E-state index in [0.29, 0.717) is 11.4 Å². The molecule has 140 valence electrons. The Morgan fingerprint density at radius 3 is 2.44 bits per heavy atom. The predicted molar refractivity (Wildman–Crippen MR) is 108 cm³/mol. The molecule has 10 heteroatoms. The standard InChI is InChI=1S/C17H14BrN3O4S2/c18-12-1-5-14(6-2-12)25-11-16(22)20-13-3-7-15(8-4-13)27(23,24)21-17-19-9-10-26-17/h1-10H,11H2,(H,19,21)(H,20,22). The lowest BCUT2D eigenvalue weighted by molar-refractivity contribution is -0.118. The first-order valence-electron chi connectivity index (χ1n) is 7.63. The number of ether oxygens (including phenoxy) is 1. The summed E-state index contributed by atoms with van der Waals surface area (Å²) in [6, 6.07) is 12.9. The van der Waals surface area contributed by atoms with E-state index in [9.17, 15) is 13.2 Å². The number of hydrogen-bond donors (Lipinski definition) is 2. The molecule has 1 aromatic heterocycles. The normalized spacial score (nSPS) is 11.0. The maximum absolute atomic E-state index is 12.3. The van der Waals surface area contributed by atoms with Crippen molar-refractivity contribution in [1.82, 2.24) is 4.98 Å². The number of sulfonamides is 1. The highest BCUT2D eigenvalue weighted by Crippen LogP contribution is 2.20. The van der Waals surface area contributed by atoms with Gasteiger partial charge in [0.25, 0.3) is 15.9 Å². The first kappa shape index (κ1) is 19.3. The van der Waals surface area contributed by atoms with Gasteiger partial charge in [0.2, 0.25) is 0 Å². The Kier molecular flexibility index (Phi) is 6.09. The van der Waals surface area contributed by atoms with Crippen molar-refractivity contribution in [3.63, 3.8) is 0 Å². The Morgan fingerprint density at radius 1 is 1.11 bits per heavy atom. The van der Waals surface area contributed by atoms with Gasteiger partial charge in [0.05, 0.1) is 4.90 Å². The van der Waals surface area contributed by atoms with Crippen molar-refractivity contribution in [2.45, 2.75) is 4.90 Å². The molecule has 1 heterocycles. The SMILES string of the molecule is O=C(COc1ccc(Br)cc1)Nc1ccc(S(=O)(=O)Nc2nccs2)cc1. The molecule has 0 saturated heterocycles. The van der Waals surface area contributed by atoms with Crippen LogP contribution in [0.25, 0.3) is 0 Å². The van der Waals surface area contributed by atoms with Crippen LogP contribution in [0.15, 0.2) is 69.5 Å². The predicted octanol–water partition coefficient (Wildman–Crippen LogP) is 3.72. The van der Waals surface area contributed by atoms with E-state index < -0.39 is 10.0 Å². The van der Waals surface area contributed by atoms with Crippen molar-refractivity contribution in [1.29, 1.82) is 0 Å². The van der Waals surface area contributed by atoms with Gasteiger partial charge in [0, 0.05) is 21.7 Å². The Bertz CT molecular complexity index is 1010. The van der Waals surface area contributed by atoms with Crippen LogP contribution in [0.2, 0.25) is 0 Å². The number of carbonyl (C=O) groups is 1. The number of aromatic nitrogens is 1. The zero-order chi connectivity index (χ0) is 19.3. The zero-order valence-corrected chi connectivity index (χ0v) is 17.0. The molecule has 0 radical (unpaired) electrons. The molecule has 7 nitrogen and oxygen atoms in total. The van der Waals surface area contributed by atoms with Crippen LogP contribution in [-0.2, 0) is 14.8 Å². The largest absolute Gasteiger partial charge is 0.484 e. The Labute approximate surface area is 168 Å². The van der Waals surface area contributed by atoms with Gasteiger partial charge in [-0.2, -0.15) is 0 Å². The summed E-state index contributed by atoms with van der Waals surface area (Å²) in [6.45, 7) is -0.159. The molecule has 27 heavy (non-hydrogen) atoms. The van der Waals surface area contributed by atoms with Crippen molar-refractivity contribution in [3.05, 3.63) is 64.6 Å². The van der Waals surface area contributed by atoms with Crippen LogP contribution in [0, 0.1) is 0 Å². The van der Waals surface area contributed by atoms with Crippen molar-refractivity contribution < 1.29 is 17.9 Å². The highest BCUT2D eigenvalue weighted by Gasteiger charge is 2.15. The summed E-state index contributed by atoms with van der Waals surface area (Å²) in [5.41, 5.74) is 0.465. The molecule has 2 N–H and O–H groups in total. The molecule has 0 aliphatic rings. The summed E-state index contributed by atoms with van der Waals surface area (Å²) < 4.78 is 33.2. The molecule has 2 aromatic carbocycles. The number of hydrogen-bond acceptors (Lipinski definition) is 6. The van der Waals surface area contributed by atoms with Crippen LogP contribution in [0.3, 0.4) is 0 Å². The fourth-order valence-corrected chi connectivity index (χ4v) is 4.09. The van der Waals surface area contributed by atoms with Gasteiger partial charge in [-0.25, -0.2) is 13.4 Å². The summed E-state index contributed by atoms with van der Waals surface area (Å²) in [7, 11) is -3.72. The summed E-state index contributed by atoms with van der Waals surface area (Å²) in [5, 5.41) is 4.61. The monoisotopic (exact) mass is 467 g/mol. The lowest BCUT2D eigenvalue weighted by atomic mass is 10.3. The average molecular weight is 468 g/mol. The number of amides is 1. The number of carbonyl (C=O) groups excluding carboxylic acids is 1. The number of nitrogens with one attached hydrogen (secondary N) is 2. The number of rotatable bonds is 7. The summed E-state index contributed by atoms with van der Waals surface area (Å²) in [5.74, 6) is 0.220. The van der Waals surface area contributed by atoms with Crippen LogP contribution < -0.4 is 14.8 Å². The van der Waals surface area contributed by atoms with Crippen LogP contribution in [-0.4, -0.2) is 25.9 Å². The molecule has 3 aromatic rings. The van der Waals surface area contributed by atoms with Gasteiger partial charge >= 0.3 is 0 Å². The minimum atomic E-state index is -3.72. The van der Waals surface area contributed by atoms with E-state index in [-0.39, 0.29) is 22.5 Å². The second-order valence-corrected chi connectivity index (χ2v) is 8.75. The molecule has 0 spiro atoms. The van der Waals surface area contributed by atoms with E-state index in [1.165, 1.54) is 41.8 Å². The minimum absolute atomic E-state index is 0.0711. The first-order chi connectivity index (χ1) is 12.9. The maximum Gasteiger partial charge on any atom is 0.263 e. The maximum atomic E-state index is 12.3. The third-order valence-electron chi connectivity index (χ3n) is 3.29. The third kappa shape index (κ3) is 5.52. The second kappa shape index (κ2) is 8.51. The molecule has 0 bridgehead atoms. The number of halogens is 1. The van der Waals surface area contributed by atoms with E-state index in [4.69, 9.17) is 4.74 Å². The molecule has 0 unspecified atom stereocenters. The summed E-state index contributed by atoms with van der Waals surface area (Å²) >= 11 is 4.51. The molecule has 0 aliphatic heterocycles. The van der Waals surface area contributed by atoms with Crippen LogP contribution in [0.1, 0.15) is 0 Å². The van der Waals surface area contributed by atoms with Crippen molar-refractivity contribution in [2.75, 3.05) is 16.6 Å². The van der Waals surface area contributed by atoms with Gasteiger partial charge in [-0.15, -0.1) is 11.3 Å². The molecule has 3 rings (SSSR count). The minimum Gasteiger partial charge on any atom is -0.484 e. The fraction of sp³-hybridized carbons (Fsp3) is 0.0588. The van der Waals surface area contributed by atoms with E-state index in [2.05, 4.69) is 31.0 Å². The smallest absolute Gasteiger partial charge is 0.263 e. The fourth-order valence-electron chi connectivity index (χ4n) is 2.04. The van der Waals surface area contributed by atoms with Gasteiger partial charge in [-0.1, -0.05) is 15.9 Å². The highest BCUT2D eigenvalue weighted by atomic mass is 79.9. The van der Waals surface area contributed by atoms with E-state index in [0.717, 1.165) is 4.47 Å². The Morgan fingerprint density at radius 2 is 1.81 bits per heavy atom. The molecular weight excluding hydrogens is 454 g/mol.